The number of carbonyl (C=O) groups excluding carboxylic acids is 8. The Morgan fingerprint density at radius 3 is 2.12 bits per heavy atom. The Labute approximate surface area is 384 Å². The van der Waals surface area contributed by atoms with Crippen molar-refractivity contribution in [2.75, 3.05) is 26.2 Å². The number of nitrogens with two attached hydrogens (primary N) is 4. The number of aromatic nitrogens is 2. The first-order valence-electron chi connectivity index (χ1n) is 22.4. The van der Waals surface area contributed by atoms with Gasteiger partial charge < -0.3 is 70.5 Å². The monoisotopic (exact) mass is 924 g/mol. The molecule has 1 aliphatic rings. The number of hydrogen-bond acceptors (Lipinski definition) is 12. The summed E-state index contributed by atoms with van der Waals surface area (Å²) < 4.78 is 0. The van der Waals surface area contributed by atoms with Gasteiger partial charge in [-0.1, -0.05) is 44.2 Å². The molecule has 0 saturated carbocycles. The number of carbonyl (C=O) groups is 8. The van der Waals surface area contributed by atoms with E-state index in [1.54, 1.807) is 24.3 Å². The maximum atomic E-state index is 14.2. The van der Waals surface area contributed by atoms with E-state index >= 15 is 0 Å². The molecule has 1 aromatic carbocycles. The fourth-order valence-electron chi connectivity index (χ4n) is 6.94. The summed E-state index contributed by atoms with van der Waals surface area (Å²) in [4.78, 5) is 119. The Hall–Kier alpha value is -6.62. The van der Waals surface area contributed by atoms with Crippen molar-refractivity contribution in [3.63, 3.8) is 0 Å². The highest BCUT2D eigenvalue weighted by atomic mass is 16.2. The van der Waals surface area contributed by atoms with Gasteiger partial charge in [-0.3, -0.25) is 43.3 Å². The lowest BCUT2D eigenvalue weighted by Gasteiger charge is -2.28. The van der Waals surface area contributed by atoms with Crippen LogP contribution in [-0.2, 0) is 51.2 Å². The van der Waals surface area contributed by atoms with Crippen LogP contribution in [0.15, 0.2) is 47.8 Å². The fraction of sp³-hybridized carbons (Fsp3) is 0.581. The van der Waals surface area contributed by atoms with Crippen LogP contribution in [0.3, 0.4) is 0 Å². The van der Waals surface area contributed by atoms with E-state index in [1.807, 2.05) is 19.9 Å². The van der Waals surface area contributed by atoms with E-state index in [-0.39, 0.29) is 63.5 Å². The zero-order chi connectivity index (χ0) is 48.6. The predicted molar refractivity (Wildman–Crippen MR) is 245 cm³/mol. The van der Waals surface area contributed by atoms with Crippen molar-refractivity contribution in [1.29, 1.82) is 0 Å². The van der Waals surface area contributed by atoms with Crippen molar-refractivity contribution in [3.8, 4) is 0 Å². The van der Waals surface area contributed by atoms with E-state index in [0.717, 1.165) is 5.56 Å². The summed E-state index contributed by atoms with van der Waals surface area (Å²) >= 11 is 0. The number of nitrogens with zero attached hydrogens (tertiary/aromatic N) is 2. The predicted octanol–water partition coefficient (Wildman–Crippen LogP) is -3.29. The molecule has 0 bridgehead atoms. The molecule has 23 heteroatoms. The molecule has 1 aliphatic heterocycles. The molecule has 1 aromatic heterocycles. The van der Waals surface area contributed by atoms with Crippen LogP contribution in [0.2, 0.25) is 0 Å². The van der Waals surface area contributed by atoms with Gasteiger partial charge in [-0.25, -0.2) is 4.98 Å². The maximum absolute atomic E-state index is 14.2. The number of benzene rings is 1. The molecule has 66 heavy (non-hydrogen) atoms. The van der Waals surface area contributed by atoms with Crippen molar-refractivity contribution >= 4 is 53.2 Å². The van der Waals surface area contributed by atoms with E-state index in [9.17, 15) is 38.4 Å². The number of hydrogen-bond donors (Lipinski definition) is 13. The molecule has 0 aliphatic carbocycles. The maximum Gasteiger partial charge on any atom is 0.243 e. The van der Waals surface area contributed by atoms with E-state index in [0.29, 0.717) is 37.9 Å². The quantitative estimate of drug-likeness (QED) is 0.0296. The fourth-order valence-corrected chi connectivity index (χ4v) is 6.94. The Kier molecular flexibility index (Phi) is 23.1. The van der Waals surface area contributed by atoms with Gasteiger partial charge in [0.15, 0.2) is 5.96 Å². The van der Waals surface area contributed by atoms with Crippen LogP contribution in [0.4, 0.5) is 0 Å². The second-order valence-electron chi connectivity index (χ2n) is 16.7. The molecule has 17 N–H and O–H groups in total. The van der Waals surface area contributed by atoms with Crippen LogP contribution in [0, 0.1) is 5.92 Å². The number of aliphatic imine (C=N–C) groups is 1. The number of imidazole rings is 1. The second kappa shape index (κ2) is 28.3. The average Bonchev–Trinajstić information content (AvgIpc) is 3.79. The minimum Gasteiger partial charge on any atom is -0.370 e. The lowest BCUT2D eigenvalue weighted by molar-refractivity contribution is -0.136. The van der Waals surface area contributed by atoms with E-state index in [4.69, 9.17) is 22.9 Å². The number of unbranched alkanes of at least 4 members (excludes halogenated alkanes) is 2. The highest BCUT2D eigenvalue weighted by Crippen LogP contribution is 2.11. The summed E-state index contributed by atoms with van der Waals surface area (Å²) in [7, 11) is 0. The lowest BCUT2D eigenvalue weighted by Crippen LogP contribution is -2.60. The van der Waals surface area contributed by atoms with Crippen LogP contribution in [0.5, 0.6) is 0 Å². The van der Waals surface area contributed by atoms with Crippen molar-refractivity contribution in [1.82, 2.24) is 52.5 Å². The molecule has 7 atom stereocenters. The summed E-state index contributed by atoms with van der Waals surface area (Å²) in [5.41, 5.74) is 24.1. The molecular formula is C43H69N15O8. The number of amides is 8. The molecule has 1 fully saturated rings. The average molecular weight is 924 g/mol. The van der Waals surface area contributed by atoms with Gasteiger partial charge >= 0.3 is 0 Å². The number of nitrogens with one attached hydrogen (secondary N) is 9. The Balaban J connectivity index is 1.85. The van der Waals surface area contributed by atoms with Crippen molar-refractivity contribution in [2.24, 2.45) is 33.8 Å². The molecular weight excluding hydrogens is 855 g/mol. The summed E-state index contributed by atoms with van der Waals surface area (Å²) in [5.74, 6) is -5.54. The number of guanidine groups is 1. The molecule has 23 nitrogen and oxygen atoms in total. The van der Waals surface area contributed by atoms with Crippen molar-refractivity contribution < 1.29 is 38.4 Å². The first kappa shape index (κ1) is 53.7. The molecule has 1 saturated heterocycles. The number of H-pyrrole nitrogens is 1. The van der Waals surface area contributed by atoms with Crippen LogP contribution in [0.25, 0.3) is 0 Å². The molecule has 364 valence electrons. The van der Waals surface area contributed by atoms with Crippen LogP contribution in [0.1, 0.15) is 83.4 Å². The topological polar surface area (TPSA) is 378 Å². The zero-order valence-electron chi connectivity index (χ0n) is 38.0. The van der Waals surface area contributed by atoms with Gasteiger partial charge in [-0.05, 0) is 76.3 Å². The first-order chi connectivity index (χ1) is 31.5. The summed E-state index contributed by atoms with van der Waals surface area (Å²) in [6, 6.07) is 0.914. The zero-order valence-corrected chi connectivity index (χ0v) is 38.0. The summed E-state index contributed by atoms with van der Waals surface area (Å²) in [5, 5.41) is 21.4. The molecule has 0 unspecified atom stereocenters. The number of aromatic amines is 1. The first-order valence-corrected chi connectivity index (χ1v) is 22.4. The molecule has 2 aromatic rings. The van der Waals surface area contributed by atoms with Gasteiger partial charge in [-0.2, -0.15) is 0 Å². The van der Waals surface area contributed by atoms with Crippen molar-refractivity contribution in [3.05, 3.63) is 54.1 Å². The largest absolute Gasteiger partial charge is 0.370 e. The van der Waals surface area contributed by atoms with Gasteiger partial charge in [0.1, 0.15) is 36.3 Å². The molecule has 0 spiro atoms. The smallest absolute Gasteiger partial charge is 0.243 e. The molecule has 0 radical (unpaired) electrons. The van der Waals surface area contributed by atoms with Gasteiger partial charge in [0.05, 0.1) is 18.9 Å². The Bertz CT molecular complexity index is 1930. The standard InChI is InChI=1S/C43H69N15O8/c1-25(2)19-33-42(66)58-34(20-27-11-5-4-6-12-27)38(62)51-23-35(59)49-18-15-32(41(65)57-33)56-40(64)31(14-8-10-17-50-43(46)47)55-39(63)30(13-7-9-16-44)54-36(60)26(3)53-37(61)29(45)21-28-22-48-24-52-28/h4-6,11-12,22,24-26,29-34H,7-10,13-21,23,44-45H2,1-3H3,(H,48,52)(H,49,59)(H,51,62)(H,53,61)(H,54,60)(H,55,63)(H,56,64)(H,57,65)(H,58,66)(H4,46,47,50)/t26-,29-,30-,31-,32+,33-,34-/m0/s1. The van der Waals surface area contributed by atoms with Crippen LogP contribution in [-0.4, -0.2) is 132 Å². The van der Waals surface area contributed by atoms with E-state index in [2.05, 4.69) is 57.5 Å². The molecule has 3 rings (SSSR count). The minimum absolute atomic E-state index is 0.0493. The van der Waals surface area contributed by atoms with Crippen molar-refractivity contribution in [2.45, 2.75) is 127 Å². The van der Waals surface area contributed by atoms with Gasteiger partial charge in [0.2, 0.25) is 47.3 Å². The molecule has 2 heterocycles. The lowest BCUT2D eigenvalue weighted by atomic mass is 10.00. The Morgan fingerprint density at radius 2 is 1.47 bits per heavy atom. The van der Waals surface area contributed by atoms with Gasteiger partial charge in [0.25, 0.3) is 0 Å². The second-order valence-corrected chi connectivity index (χ2v) is 16.7. The van der Waals surface area contributed by atoms with Gasteiger partial charge in [-0.15, -0.1) is 0 Å². The van der Waals surface area contributed by atoms with Crippen LogP contribution < -0.4 is 65.5 Å². The Morgan fingerprint density at radius 1 is 0.803 bits per heavy atom. The van der Waals surface area contributed by atoms with E-state index in [1.165, 1.54) is 19.4 Å². The molecule has 8 amide bonds. The number of rotatable bonds is 23. The van der Waals surface area contributed by atoms with Crippen LogP contribution >= 0.6 is 0 Å². The highest BCUT2D eigenvalue weighted by molar-refractivity contribution is 5.97. The third-order valence-corrected chi connectivity index (χ3v) is 10.6. The van der Waals surface area contributed by atoms with E-state index < -0.39 is 96.1 Å². The third-order valence-electron chi connectivity index (χ3n) is 10.6. The SMILES string of the molecule is CC(C)C[C@@H]1NC(=O)[C@H](NC(=O)[C@H](CCCCN=C(N)N)NC(=O)[C@H](CCCCN)NC(=O)[C@H](C)NC(=O)[C@@H](N)Cc2cnc[nH]2)CCNC(=O)CNC(=O)[C@H](Cc2ccccc2)NC1=O. The summed E-state index contributed by atoms with van der Waals surface area (Å²) in [6.45, 7) is 5.17. The normalized spacial score (nSPS) is 19.0. The summed E-state index contributed by atoms with van der Waals surface area (Å²) in [6.07, 6.45) is 5.14. The highest BCUT2D eigenvalue weighted by Gasteiger charge is 2.34. The third kappa shape index (κ3) is 19.6. The minimum atomic E-state index is -1.32. The van der Waals surface area contributed by atoms with Gasteiger partial charge in [0, 0.05) is 37.8 Å².